The van der Waals surface area contributed by atoms with E-state index in [1.165, 1.54) is 0 Å². The van der Waals surface area contributed by atoms with Crippen molar-refractivity contribution in [3.63, 3.8) is 0 Å². The Bertz CT molecular complexity index is 1090. The van der Waals surface area contributed by atoms with Crippen molar-refractivity contribution in [3.8, 4) is 11.6 Å². The molecule has 1 saturated carbocycles. The summed E-state index contributed by atoms with van der Waals surface area (Å²) in [6, 6.07) is 5.63. The average Bonchev–Trinajstić information content (AvgIpc) is 3.55. The Morgan fingerprint density at radius 3 is 2.87 bits per heavy atom. The second kappa shape index (κ2) is 7.60. The van der Waals surface area contributed by atoms with Gasteiger partial charge in [0.25, 0.3) is 0 Å². The first-order chi connectivity index (χ1) is 14.6. The predicted octanol–water partition coefficient (Wildman–Crippen LogP) is 2.42. The van der Waals surface area contributed by atoms with Gasteiger partial charge in [-0.1, -0.05) is 5.21 Å². The minimum atomic E-state index is -0.232. The molecule has 5 rings (SSSR count). The van der Waals surface area contributed by atoms with Gasteiger partial charge in [0.2, 0.25) is 5.88 Å². The summed E-state index contributed by atoms with van der Waals surface area (Å²) >= 11 is 0. The molecule has 1 aliphatic carbocycles. The van der Waals surface area contributed by atoms with Crippen LogP contribution in [0.2, 0.25) is 0 Å². The molecule has 30 heavy (non-hydrogen) atoms. The van der Waals surface area contributed by atoms with Gasteiger partial charge in [-0.05, 0) is 56.4 Å². The third-order valence-corrected chi connectivity index (χ3v) is 5.77. The summed E-state index contributed by atoms with van der Waals surface area (Å²) < 4.78 is 7.75. The van der Waals surface area contributed by atoms with Gasteiger partial charge in [0.15, 0.2) is 5.78 Å². The van der Waals surface area contributed by atoms with Gasteiger partial charge in [0.1, 0.15) is 12.3 Å². The van der Waals surface area contributed by atoms with E-state index in [1.807, 2.05) is 32.0 Å². The van der Waals surface area contributed by atoms with E-state index in [0.29, 0.717) is 18.3 Å². The van der Waals surface area contributed by atoms with Crippen molar-refractivity contribution in [3.05, 3.63) is 58.8 Å². The van der Waals surface area contributed by atoms with E-state index in [2.05, 4.69) is 25.6 Å². The zero-order valence-corrected chi connectivity index (χ0v) is 17.1. The van der Waals surface area contributed by atoms with Crippen molar-refractivity contribution in [2.45, 2.75) is 45.8 Å². The second-order valence-corrected chi connectivity index (χ2v) is 8.01. The van der Waals surface area contributed by atoms with Crippen LogP contribution in [-0.2, 0) is 17.8 Å². The number of aromatic nitrogens is 5. The molecule has 0 amide bonds. The zero-order valence-electron chi connectivity index (χ0n) is 17.1. The number of nitrogens with zero attached hydrogens (tertiary/aromatic N) is 5. The first-order valence-electron chi connectivity index (χ1n) is 10.3. The van der Waals surface area contributed by atoms with Crippen molar-refractivity contribution in [1.82, 2.24) is 30.3 Å². The molecule has 1 atom stereocenters. The standard InChI is InChI=1S/C22H24N6O2/c1-13-3-6-17(10-24-13)28-19(14(2)26-27-28)12-30-20-9-16-7-8-23-21(18(16)11-25-20)22(29)15-4-5-15/h3,6,9-11,15,21,23H,4-5,7-8,12H2,1-2H3. The fourth-order valence-corrected chi connectivity index (χ4v) is 3.84. The molecule has 1 unspecified atom stereocenters. The maximum absolute atomic E-state index is 12.6. The van der Waals surface area contributed by atoms with E-state index in [0.717, 1.165) is 59.7 Å². The summed E-state index contributed by atoms with van der Waals surface area (Å²) in [6.45, 7) is 4.93. The number of hydrogen-bond acceptors (Lipinski definition) is 7. The topological polar surface area (TPSA) is 94.8 Å². The molecule has 154 valence electrons. The number of aryl methyl sites for hydroxylation is 2. The van der Waals surface area contributed by atoms with Gasteiger partial charge < -0.3 is 10.1 Å². The van der Waals surface area contributed by atoms with Crippen molar-refractivity contribution < 1.29 is 9.53 Å². The van der Waals surface area contributed by atoms with Crippen LogP contribution in [-0.4, -0.2) is 37.3 Å². The molecule has 0 aromatic carbocycles. The highest BCUT2D eigenvalue weighted by Crippen LogP contribution is 2.36. The molecule has 0 radical (unpaired) electrons. The third-order valence-electron chi connectivity index (χ3n) is 5.77. The number of ketones is 1. The zero-order chi connectivity index (χ0) is 20.7. The lowest BCUT2D eigenvalue weighted by Gasteiger charge is -2.26. The smallest absolute Gasteiger partial charge is 0.213 e. The summed E-state index contributed by atoms with van der Waals surface area (Å²) in [5, 5.41) is 11.8. The van der Waals surface area contributed by atoms with Crippen LogP contribution in [0, 0.1) is 19.8 Å². The number of ether oxygens (including phenoxy) is 1. The fourth-order valence-electron chi connectivity index (χ4n) is 3.84. The Labute approximate surface area is 174 Å². The molecule has 1 fully saturated rings. The van der Waals surface area contributed by atoms with Crippen LogP contribution >= 0.6 is 0 Å². The van der Waals surface area contributed by atoms with E-state index >= 15 is 0 Å². The van der Waals surface area contributed by atoms with Gasteiger partial charge in [-0.15, -0.1) is 5.10 Å². The summed E-state index contributed by atoms with van der Waals surface area (Å²) in [6.07, 6.45) is 6.44. The van der Waals surface area contributed by atoms with Crippen LogP contribution in [0.5, 0.6) is 5.88 Å². The van der Waals surface area contributed by atoms with Gasteiger partial charge >= 0.3 is 0 Å². The molecular formula is C22H24N6O2. The second-order valence-electron chi connectivity index (χ2n) is 8.01. The molecule has 1 N–H and O–H groups in total. The van der Waals surface area contributed by atoms with Crippen LogP contribution in [0.4, 0.5) is 0 Å². The molecule has 4 heterocycles. The summed E-state index contributed by atoms with van der Waals surface area (Å²) in [5.41, 5.74) is 5.55. The lowest BCUT2D eigenvalue weighted by atomic mass is 9.92. The Morgan fingerprint density at radius 1 is 1.23 bits per heavy atom. The van der Waals surface area contributed by atoms with Gasteiger partial charge in [-0.2, -0.15) is 0 Å². The normalized spacial score (nSPS) is 18.1. The molecule has 0 saturated heterocycles. The number of carbonyl (C=O) groups excluding carboxylic acids is 1. The first-order valence-corrected chi connectivity index (χ1v) is 10.3. The van der Waals surface area contributed by atoms with E-state index in [4.69, 9.17) is 4.74 Å². The van der Waals surface area contributed by atoms with Gasteiger partial charge in [0, 0.05) is 30.4 Å². The van der Waals surface area contributed by atoms with Crippen LogP contribution in [0.1, 0.15) is 47.1 Å². The van der Waals surface area contributed by atoms with Crippen LogP contribution < -0.4 is 10.1 Å². The molecule has 8 heteroatoms. The van der Waals surface area contributed by atoms with Crippen molar-refractivity contribution in [1.29, 1.82) is 0 Å². The summed E-state index contributed by atoms with van der Waals surface area (Å²) in [5.74, 6) is 1.06. The van der Waals surface area contributed by atoms with E-state index in [1.54, 1.807) is 17.1 Å². The van der Waals surface area contributed by atoms with Crippen molar-refractivity contribution in [2.24, 2.45) is 5.92 Å². The predicted molar refractivity (Wildman–Crippen MR) is 109 cm³/mol. The summed E-state index contributed by atoms with van der Waals surface area (Å²) in [7, 11) is 0. The number of hydrogen-bond donors (Lipinski definition) is 1. The number of carbonyl (C=O) groups is 1. The third kappa shape index (κ3) is 3.59. The SMILES string of the molecule is Cc1ccc(-n2nnc(C)c2COc2cc3c(cn2)C(C(=O)C2CC2)NCC3)cn1. The molecule has 0 spiro atoms. The highest BCUT2D eigenvalue weighted by molar-refractivity contribution is 5.89. The highest BCUT2D eigenvalue weighted by Gasteiger charge is 2.37. The van der Waals surface area contributed by atoms with Crippen LogP contribution in [0.25, 0.3) is 5.69 Å². The fraction of sp³-hybridized carbons (Fsp3) is 0.409. The first kappa shape index (κ1) is 18.9. The molecule has 2 aliphatic rings. The van der Waals surface area contributed by atoms with Crippen molar-refractivity contribution in [2.75, 3.05) is 6.54 Å². The molecule has 3 aromatic heterocycles. The van der Waals surface area contributed by atoms with E-state index in [-0.39, 0.29) is 12.0 Å². The maximum atomic E-state index is 12.6. The Hall–Kier alpha value is -3.13. The number of pyridine rings is 2. The maximum Gasteiger partial charge on any atom is 0.213 e. The Balaban J connectivity index is 1.35. The van der Waals surface area contributed by atoms with Gasteiger partial charge in [-0.3, -0.25) is 9.78 Å². The number of rotatable bonds is 6. The molecule has 8 nitrogen and oxygen atoms in total. The van der Waals surface area contributed by atoms with Crippen molar-refractivity contribution >= 4 is 5.78 Å². The van der Waals surface area contributed by atoms with E-state index < -0.39 is 0 Å². The van der Waals surface area contributed by atoms with Crippen LogP contribution in [0.15, 0.2) is 30.6 Å². The largest absolute Gasteiger partial charge is 0.471 e. The Morgan fingerprint density at radius 2 is 2.10 bits per heavy atom. The molecule has 1 aliphatic heterocycles. The highest BCUT2D eigenvalue weighted by atomic mass is 16.5. The monoisotopic (exact) mass is 404 g/mol. The van der Waals surface area contributed by atoms with Gasteiger partial charge in [-0.25, -0.2) is 9.67 Å². The number of nitrogens with one attached hydrogen (secondary N) is 1. The summed E-state index contributed by atoms with van der Waals surface area (Å²) in [4.78, 5) is 21.4. The minimum Gasteiger partial charge on any atom is -0.471 e. The quantitative estimate of drug-likeness (QED) is 0.674. The minimum absolute atomic E-state index is 0.219. The lowest BCUT2D eigenvalue weighted by molar-refractivity contribution is -0.122. The average molecular weight is 404 g/mol. The number of fused-ring (bicyclic) bond motifs is 1. The van der Waals surface area contributed by atoms with Crippen LogP contribution in [0.3, 0.4) is 0 Å². The Kier molecular flexibility index (Phi) is 4.78. The molecule has 0 bridgehead atoms. The molecule has 3 aromatic rings. The molecular weight excluding hydrogens is 380 g/mol. The lowest BCUT2D eigenvalue weighted by Crippen LogP contribution is -2.36. The van der Waals surface area contributed by atoms with E-state index in [9.17, 15) is 4.79 Å². The van der Waals surface area contributed by atoms with Gasteiger partial charge in [0.05, 0.1) is 23.6 Å². The number of Topliss-reactive ketones (excluding diaryl/α,β-unsaturated/α-hetero) is 1.